The van der Waals surface area contributed by atoms with Gasteiger partial charge in [-0.3, -0.25) is 0 Å². The Morgan fingerprint density at radius 1 is 1.02 bits per heavy atom. The van der Waals surface area contributed by atoms with Gasteiger partial charge >= 0.3 is 17.9 Å². The molecule has 1 saturated heterocycles. The van der Waals surface area contributed by atoms with E-state index in [1.165, 1.54) is 37.5 Å². The molecular weight excluding hydrogens is 536 g/mol. The van der Waals surface area contributed by atoms with Crippen molar-refractivity contribution in [2.24, 2.45) is 11.8 Å². The summed E-state index contributed by atoms with van der Waals surface area (Å²) in [5, 5.41) is 59.9. The number of carboxylic acid groups (broad SMARTS) is 2. The highest BCUT2D eigenvalue weighted by Crippen LogP contribution is 2.44. The van der Waals surface area contributed by atoms with Crippen molar-refractivity contribution in [3.8, 4) is 11.5 Å². The van der Waals surface area contributed by atoms with Gasteiger partial charge in [0.05, 0.1) is 24.9 Å². The van der Waals surface area contributed by atoms with Gasteiger partial charge in [0.15, 0.2) is 17.8 Å². The van der Waals surface area contributed by atoms with Gasteiger partial charge in [0, 0.05) is 17.6 Å². The van der Waals surface area contributed by atoms with E-state index >= 15 is 0 Å². The second-order valence-corrected chi connectivity index (χ2v) is 9.26. The van der Waals surface area contributed by atoms with Gasteiger partial charge in [0.25, 0.3) is 0 Å². The highest BCUT2D eigenvalue weighted by atomic mass is 16.8. The summed E-state index contributed by atoms with van der Waals surface area (Å²) >= 11 is 0. The fraction of sp³-hybridized carbons (Fsp3) is 0.423. The van der Waals surface area contributed by atoms with Crippen molar-refractivity contribution in [2.75, 3.05) is 13.7 Å². The normalized spacial score (nSPS) is 31.5. The van der Waals surface area contributed by atoms with E-state index < -0.39 is 73.3 Å². The van der Waals surface area contributed by atoms with Crippen molar-refractivity contribution < 1.29 is 68.7 Å². The Hall–Kier alpha value is -3.95. The first-order valence-corrected chi connectivity index (χ1v) is 12.1. The molecule has 1 fully saturated rings. The minimum absolute atomic E-state index is 0.0844. The zero-order chi connectivity index (χ0) is 29.1. The molecule has 40 heavy (non-hydrogen) atoms. The van der Waals surface area contributed by atoms with Crippen molar-refractivity contribution in [3.05, 3.63) is 53.3 Å². The van der Waals surface area contributed by atoms with Crippen LogP contribution in [0.1, 0.15) is 12.0 Å². The number of esters is 1. The van der Waals surface area contributed by atoms with E-state index in [2.05, 4.69) is 0 Å². The number of carboxylic acids is 2. The zero-order valence-electron chi connectivity index (χ0n) is 21.0. The van der Waals surface area contributed by atoms with Gasteiger partial charge in [-0.25, -0.2) is 14.4 Å². The lowest BCUT2D eigenvalue weighted by Crippen LogP contribution is -2.60. The molecule has 0 amide bonds. The molecule has 216 valence electrons. The summed E-state index contributed by atoms with van der Waals surface area (Å²) in [6.07, 6.45) is -4.88. The van der Waals surface area contributed by atoms with E-state index in [1.54, 1.807) is 0 Å². The fourth-order valence-electron chi connectivity index (χ4n) is 4.75. The second-order valence-electron chi connectivity index (χ2n) is 9.26. The summed E-state index contributed by atoms with van der Waals surface area (Å²) in [5.74, 6) is -5.17. The molecule has 0 spiro atoms. The topological polar surface area (TPSA) is 219 Å². The summed E-state index contributed by atoms with van der Waals surface area (Å²) in [6, 6.07) is 4.38. The van der Waals surface area contributed by atoms with Crippen LogP contribution in [0.15, 0.2) is 47.8 Å². The highest BCUT2D eigenvalue weighted by molar-refractivity contribution is 5.91. The van der Waals surface area contributed by atoms with Crippen LogP contribution >= 0.6 is 0 Å². The number of aliphatic hydroxyl groups is 3. The molecule has 4 rings (SSSR count). The number of methoxy groups -OCH3 is 1. The molecule has 1 aliphatic carbocycles. The summed E-state index contributed by atoms with van der Waals surface area (Å²) in [7, 11) is 1.37. The van der Waals surface area contributed by atoms with Crippen LogP contribution < -0.4 is 4.74 Å². The number of phenolic OH excluding ortho intramolecular Hbond substituents is 1. The molecule has 6 N–H and O–H groups in total. The van der Waals surface area contributed by atoms with Crippen LogP contribution in [0.3, 0.4) is 0 Å². The van der Waals surface area contributed by atoms with Gasteiger partial charge in [0.2, 0.25) is 6.29 Å². The van der Waals surface area contributed by atoms with Crippen LogP contribution in [-0.4, -0.2) is 99.3 Å². The van der Waals surface area contributed by atoms with E-state index in [0.717, 1.165) is 12.3 Å². The first-order valence-electron chi connectivity index (χ1n) is 12.1. The van der Waals surface area contributed by atoms with E-state index in [4.69, 9.17) is 23.7 Å². The number of aromatic hydroxyl groups is 1. The number of phenols is 1. The Morgan fingerprint density at radius 3 is 2.42 bits per heavy atom. The van der Waals surface area contributed by atoms with Crippen LogP contribution in [-0.2, 0) is 33.3 Å². The molecule has 3 aliphatic rings. The second kappa shape index (κ2) is 12.1. The number of allylic oxidation sites excluding steroid dienone is 1. The number of hydrogen-bond donors (Lipinski definition) is 6. The van der Waals surface area contributed by atoms with Gasteiger partial charge in [-0.2, -0.15) is 0 Å². The van der Waals surface area contributed by atoms with Crippen molar-refractivity contribution in [1.29, 1.82) is 0 Å². The fourth-order valence-corrected chi connectivity index (χ4v) is 4.75. The predicted molar refractivity (Wildman–Crippen MR) is 130 cm³/mol. The summed E-state index contributed by atoms with van der Waals surface area (Å²) < 4.78 is 26.7. The lowest BCUT2D eigenvalue weighted by atomic mass is 9.83. The van der Waals surface area contributed by atoms with Crippen molar-refractivity contribution in [2.45, 2.75) is 43.4 Å². The third-order valence-corrected chi connectivity index (χ3v) is 6.84. The molecule has 0 saturated carbocycles. The van der Waals surface area contributed by atoms with Crippen LogP contribution in [0.25, 0.3) is 6.08 Å². The Kier molecular flexibility index (Phi) is 8.76. The Bertz CT molecular complexity index is 1240. The van der Waals surface area contributed by atoms with E-state index in [0.29, 0.717) is 5.56 Å². The van der Waals surface area contributed by atoms with Crippen LogP contribution in [0.4, 0.5) is 0 Å². The molecule has 0 radical (unpaired) electrons. The molecule has 0 aromatic heterocycles. The molecule has 0 bridgehead atoms. The number of carbonyl (C=O) groups excluding carboxylic acids is 1. The van der Waals surface area contributed by atoms with Crippen LogP contribution in [0.2, 0.25) is 0 Å². The molecule has 14 heteroatoms. The van der Waals surface area contributed by atoms with Crippen LogP contribution in [0, 0.1) is 11.8 Å². The van der Waals surface area contributed by atoms with Crippen molar-refractivity contribution in [3.63, 3.8) is 0 Å². The number of fused-ring (bicyclic) bond motifs is 1. The van der Waals surface area contributed by atoms with Gasteiger partial charge in [-0.05, 0) is 30.2 Å². The SMILES string of the molecule is COc1cc(/C=C/C(=O)OC[C@H]2O[C@@H](O[C@@H]3OC=C(C(=O)O)[C@H]4CC=C(C(=O)O)[C@@H]34)[C@H](O)[C@@H](O)[C@@H]2O)ccc1O. The minimum atomic E-state index is -1.81. The van der Waals surface area contributed by atoms with Crippen molar-refractivity contribution >= 4 is 24.0 Å². The predicted octanol–water partition coefficient (Wildman–Crippen LogP) is -0.247. The smallest absolute Gasteiger partial charge is 0.335 e. The summed E-state index contributed by atoms with van der Waals surface area (Å²) in [6.45, 7) is -0.562. The van der Waals surface area contributed by atoms with Gasteiger partial charge in [-0.15, -0.1) is 0 Å². The third kappa shape index (κ3) is 5.95. The molecule has 0 unspecified atom stereocenters. The van der Waals surface area contributed by atoms with Crippen molar-refractivity contribution in [1.82, 2.24) is 0 Å². The Morgan fingerprint density at radius 2 is 1.75 bits per heavy atom. The van der Waals surface area contributed by atoms with E-state index in [-0.39, 0.29) is 29.1 Å². The molecule has 1 aromatic rings. The lowest BCUT2D eigenvalue weighted by Gasteiger charge is -2.42. The maximum absolute atomic E-state index is 12.2. The largest absolute Gasteiger partial charge is 0.504 e. The number of carbonyl (C=O) groups is 3. The monoisotopic (exact) mass is 564 g/mol. The number of benzene rings is 1. The number of aliphatic carboxylic acids is 2. The molecule has 1 aromatic carbocycles. The molecule has 2 heterocycles. The molecule has 2 aliphatic heterocycles. The van der Waals surface area contributed by atoms with Gasteiger partial charge in [0.1, 0.15) is 31.0 Å². The first-order chi connectivity index (χ1) is 19.0. The number of ether oxygens (including phenoxy) is 5. The third-order valence-electron chi connectivity index (χ3n) is 6.84. The average molecular weight is 564 g/mol. The Balaban J connectivity index is 1.42. The van der Waals surface area contributed by atoms with Gasteiger partial charge in [-0.1, -0.05) is 12.1 Å². The maximum atomic E-state index is 12.2. The van der Waals surface area contributed by atoms with Gasteiger partial charge < -0.3 is 54.3 Å². The summed E-state index contributed by atoms with van der Waals surface area (Å²) in [4.78, 5) is 35.6. The number of rotatable bonds is 9. The van der Waals surface area contributed by atoms with E-state index in [1.807, 2.05) is 0 Å². The molecule has 14 nitrogen and oxygen atoms in total. The minimum Gasteiger partial charge on any atom is -0.504 e. The molecule has 8 atom stereocenters. The van der Waals surface area contributed by atoms with Crippen LogP contribution in [0.5, 0.6) is 11.5 Å². The number of aliphatic hydroxyl groups excluding tert-OH is 3. The first kappa shape index (κ1) is 29.0. The zero-order valence-corrected chi connectivity index (χ0v) is 21.0. The highest BCUT2D eigenvalue weighted by Gasteiger charge is 2.51. The molecular formula is C26H28O14. The quantitative estimate of drug-likeness (QED) is 0.168. The standard InChI is InChI=1S/C26H28O14/c1-36-16-8-11(2-6-15(16)27)3-7-18(28)37-10-17-20(29)21(30)22(31)26(39-17)40-25-19-12(4-5-13(19)23(32)33)14(9-38-25)24(34)35/h2-3,5-9,12,17,19-22,25-27,29-31H,4,10H2,1H3,(H,32,33)(H,34,35)/b7-3+/t12-,17-,19+,20-,21+,22-,25+,26+/m1/s1. The van der Waals surface area contributed by atoms with E-state index in [9.17, 15) is 45.0 Å². The lowest BCUT2D eigenvalue weighted by molar-refractivity contribution is -0.339. The number of hydrogen-bond acceptors (Lipinski definition) is 12. The average Bonchev–Trinajstić information content (AvgIpc) is 3.38. The summed E-state index contributed by atoms with van der Waals surface area (Å²) in [5.41, 5.74) is 0.220. The Labute approximate surface area is 226 Å². The maximum Gasteiger partial charge on any atom is 0.335 e.